The van der Waals surface area contributed by atoms with Crippen LogP contribution in [0, 0.1) is 0 Å². The van der Waals surface area contributed by atoms with Crippen LogP contribution in [0.4, 0.5) is 13.2 Å². The molecule has 0 amide bonds. The lowest BCUT2D eigenvalue weighted by atomic mass is 10.2. The summed E-state index contributed by atoms with van der Waals surface area (Å²) in [6.45, 7) is 1.92. The van der Waals surface area contributed by atoms with Crippen LogP contribution in [0.2, 0.25) is 0 Å². The number of nitrogens with zero attached hydrogens (tertiary/aromatic N) is 4. The molecule has 0 N–H and O–H groups in total. The first-order valence-electron chi connectivity index (χ1n) is 7.28. The Morgan fingerprint density at radius 2 is 1.72 bits per heavy atom. The molecule has 0 aliphatic heterocycles. The van der Waals surface area contributed by atoms with E-state index in [4.69, 9.17) is 0 Å². The number of benzene rings is 2. The van der Waals surface area contributed by atoms with Crippen molar-refractivity contribution in [2.45, 2.75) is 23.7 Å². The van der Waals surface area contributed by atoms with E-state index in [1.54, 1.807) is 16.8 Å². The first kappa shape index (κ1) is 17.3. The average Bonchev–Trinajstić information content (AvgIpc) is 3.03. The first-order valence-corrected chi connectivity index (χ1v) is 8.16. The first-order chi connectivity index (χ1) is 11.9. The number of aromatic nitrogens is 4. The molecule has 5 nitrogen and oxygen atoms in total. The Hall–Kier alpha value is -2.55. The number of hydrogen-bond acceptors (Lipinski definition) is 5. The highest BCUT2D eigenvalue weighted by Gasteiger charge is 2.31. The van der Waals surface area contributed by atoms with Gasteiger partial charge in [-0.3, -0.25) is 0 Å². The number of para-hydroxylation sites is 1. The molecular formula is C16H13F3N4OS. The number of alkyl halides is 3. The van der Waals surface area contributed by atoms with Crippen LogP contribution < -0.4 is 4.74 Å². The monoisotopic (exact) mass is 366 g/mol. The molecule has 25 heavy (non-hydrogen) atoms. The topological polar surface area (TPSA) is 52.8 Å². The molecule has 1 unspecified atom stereocenters. The smallest absolute Gasteiger partial charge is 0.406 e. The van der Waals surface area contributed by atoms with E-state index < -0.39 is 6.36 Å². The summed E-state index contributed by atoms with van der Waals surface area (Å²) in [7, 11) is 0. The fourth-order valence-electron chi connectivity index (χ4n) is 2.15. The van der Waals surface area contributed by atoms with Crippen molar-refractivity contribution in [2.24, 2.45) is 0 Å². The van der Waals surface area contributed by atoms with Gasteiger partial charge in [0.1, 0.15) is 5.75 Å². The molecule has 3 rings (SSSR count). The van der Waals surface area contributed by atoms with Crippen LogP contribution in [0.25, 0.3) is 5.69 Å². The number of tetrazole rings is 1. The van der Waals surface area contributed by atoms with Crippen LogP contribution in [0.15, 0.2) is 59.8 Å². The summed E-state index contributed by atoms with van der Waals surface area (Å²) in [5, 5.41) is 12.2. The molecule has 1 aromatic heterocycles. The third-order valence-corrected chi connectivity index (χ3v) is 4.40. The molecular weight excluding hydrogens is 353 g/mol. The quantitative estimate of drug-likeness (QED) is 0.626. The van der Waals surface area contributed by atoms with E-state index in [0.29, 0.717) is 5.16 Å². The highest BCUT2D eigenvalue weighted by atomic mass is 32.2. The van der Waals surface area contributed by atoms with Gasteiger partial charge in [-0.25, -0.2) is 0 Å². The van der Waals surface area contributed by atoms with E-state index in [2.05, 4.69) is 20.3 Å². The molecule has 0 aliphatic carbocycles. The van der Waals surface area contributed by atoms with Gasteiger partial charge in [-0.1, -0.05) is 42.1 Å². The maximum atomic E-state index is 12.2. The minimum atomic E-state index is -4.69. The summed E-state index contributed by atoms with van der Waals surface area (Å²) in [5.41, 5.74) is 1.67. The van der Waals surface area contributed by atoms with Gasteiger partial charge >= 0.3 is 6.36 Å². The number of ether oxygens (including phenoxy) is 1. The lowest BCUT2D eigenvalue weighted by Gasteiger charge is -2.13. The molecule has 0 spiro atoms. The molecule has 0 saturated carbocycles. The maximum absolute atomic E-state index is 12.2. The van der Waals surface area contributed by atoms with Crippen molar-refractivity contribution in [3.05, 3.63) is 60.2 Å². The molecule has 0 bridgehead atoms. The molecule has 0 radical (unpaired) electrons. The second-order valence-corrected chi connectivity index (χ2v) is 6.39. The zero-order valence-electron chi connectivity index (χ0n) is 13.0. The van der Waals surface area contributed by atoms with Crippen LogP contribution >= 0.6 is 11.8 Å². The predicted octanol–water partition coefficient (Wildman–Crippen LogP) is 4.41. The number of hydrogen-bond donors (Lipinski definition) is 0. The third kappa shape index (κ3) is 4.50. The van der Waals surface area contributed by atoms with Crippen molar-refractivity contribution in [3.8, 4) is 11.4 Å². The minimum Gasteiger partial charge on any atom is -0.406 e. The van der Waals surface area contributed by atoms with Gasteiger partial charge < -0.3 is 4.74 Å². The standard InChI is InChI=1S/C16H13F3N4OS/c1-11(12-7-9-14(10-8-12)24-16(17,18)19)25-15-20-21-22-23(15)13-5-3-2-4-6-13/h2-11H,1H3. The fraction of sp³-hybridized carbons (Fsp3) is 0.188. The largest absolute Gasteiger partial charge is 0.573 e. The summed E-state index contributed by atoms with van der Waals surface area (Å²) in [5.74, 6) is -0.248. The van der Waals surface area contributed by atoms with Gasteiger partial charge in [0, 0.05) is 5.25 Å². The maximum Gasteiger partial charge on any atom is 0.573 e. The van der Waals surface area contributed by atoms with Gasteiger partial charge in [0.25, 0.3) is 0 Å². The highest BCUT2D eigenvalue weighted by Crippen LogP contribution is 2.35. The van der Waals surface area contributed by atoms with E-state index in [9.17, 15) is 13.2 Å². The van der Waals surface area contributed by atoms with Gasteiger partial charge in [0.2, 0.25) is 5.16 Å². The lowest BCUT2D eigenvalue weighted by Crippen LogP contribution is -2.17. The molecule has 130 valence electrons. The molecule has 1 heterocycles. The minimum absolute atomic E-state index is 0.0617. The van der Waals surface area contributed by atoms with Crippen molar-refractivity contribution >= 4 is 11.8 Å². The zero-order chi connectivity index (χ0) is 17.9. The number of halogens is 3. The van der Waals surface area contributed by atoms with Crippen molar-refractivity contribution < 1.29 is 17.9 Å². The Kier molecular flexibility index (Phi) is 4.93. The van der Waals surface area contributed by atoms with Crippen molar-refractivity contribution in [1.29, 1.82) is 0 Å². The molecule has 2 aromatic carbocycles. The summed E-state index contributed by atoms with van der Waals surface area (Å²) in [6, 6.07) is 15.2. The van der Waals surface area contributed by atoms with Gasteiger partial charge in [0.15, 0.2) is 0 Å². The normalized spacial score (nSPS) is 12.8. The van der Waals surface area contributed by atoms with E-state index >= 15 is 0 Å². The van der Waals surface area contributed by atoms with Crippen LogP contribution in [0.1, 0.15) is 17.7 Å². The Morgan fingerprint density at radius 3 is 2.36 bits per heavy atom. The lowest BCUT2D eigenvalue weighted by molar-refractivity contribution is -0.274. The zero-order valence-corrected chi connectivity index (χ0v) is 13.8. The number of rotatable bonds is 5. The Balaban J connectivity index is 1.73. The Bertz CT molecular complexity index is 821. The SMILES string of the molecule is CC(Sc1nnnn1-c1ccccc1)c1ccc(OC(F)(F)F)cc1. The van der Waals surface area contributed by atoms with Crippen molar-refractivity contribution in [2.75, 3.05) is 0 Å². The number of thioether (sulfide) groups is 1. The summed E-state index contributed by atoms with van der Waals surface area (Å²) < 4.78 is 42.1. The van der Waals surface area contributed by atoms with E-state index in [0.717, 1.165) is 11.3 Å². The summed E-state index contributed by atoms with van der Waals surface area (Å²) >= 11 is 1.41. The van der Waals surface area contributed by atoms with E-state index in [-0.39, 0.29) is 11.0 Å². The average molecular weight is 366 g/mol. The third-order valence-electron chi connectivity index (χ3n) is 3.31. The van der Waals surface area contributed by atoms with Crippen molar-refractivity contribution in [3.63, 3.8) is 0 Å². The Morgan fingerprint density at radius 1 is 1.04 bits per heavy atom. The summed E-state index contributed by atoms with van der Waals surface area (Å²) in [4.78, 5) is 0. The van der Waals surface area contributed by atoms with Crippen molar-refractivity contribution in [1.82, 2.24) is 20.2 Å². The predicted molar refractivity (Wildman–Crippen MR) is 86.6 cm³/mol. The Labute approximate surface area is 145 Å². The highest BCUT2D eigenvalue weighted by molar-refractivity contribution is 7.99. The molecule has 1 atom stereocenters. The van der Waals surface area contributed by atoms with Crippen LogP contribution in [0.5, 0.6) is 5.75 Å². The van der Waals surface area contributed by atoms with Gasteiger partial charge in [0.05, 0.1) is 5.69 Å². The second-order valence-electron chi connectivity index (χ2n) is 5.09. The van der Waals surface area contributed by atoms with E-state index in [1.165, 1.54) is 23.9 Å². The summed E-state index contributed by atoms with van der Waals surface area (Å²) in [6.07, 6.45) is -4.69. The van der Waals surface area contributed by atoms with Gasteiger partial charge in [-0.15, -0.1) is 18.3 Å². The molecule has 0 saturated heterocycles. The van der Waals surface area contributed by atoms with Crippen LogP contribution in [0.3, 0.4) is 0 Å². The molecule has 0 aliphatic rings. The second kappa shape index (κ2) is 7.14. The van der Waals surface area contributed by atoms with E-state index in [1.807, 2.05) is 37.3 Å². The van der Waals surface area contributed by atoms with Crippen LogP contribution in [-0.2, 0) is 0 Å². The molecule has 3 aromatic rings. The van der Waals surface area contributed by atoms with Gasteiger partial charge in [-0.2, -0.15) is 4.68 Å². The fourth-order valence-corrected chi connectivity index (χ4v) is 3.09. The van der Waals surface area contributed by atoms with Gasteiger partial charge in [-0.05, 0) is 47.2 Å². The molecule has 9 heteroatoms. The van der Waals surface area contributed by atoms with Crippen LogP contribution in [-0.4, -0.2) is 26.6 Å². The molecule has 0 fully saturated rings.